The third-order valence-corrected chi connectivity index (χ3v) is 1.65. The van der Waals surface area contributed by atoms with Gasteiger partial charge >= 0.3 is 5.97 Å². The summed E-state index contributed by atoms with van der Waals surface area (Å²) in [6.45, 7) is 2.46. The number of aliphatic carboxylic acids is 1. The number of carboxylic acid groups (broad SMARTS) is 1. The molecule has 12 heavy (non-hydrogen) atoms. The highest BCUT2D eigenvalue weighted by Crippen LogP contribution is 2.13. The third kappa shape index (κ3) is 2.02. The molecular formula is C7H12O5. The van der Waals surface area contributed by atoms with E-state index in [1.807, 2.05) is 0 Å². The number of Topliss-reactive ketones (excluding diaryl/α,β-unsaturated/α-hetero) is 1. The van der Waals surface area contributed by atoms with Gasteiger partial charge in [-0.15, -0.1) is 0 Å². The monoisotopic (exact) mass is 176 g/mol. The second-order valence-corrected chi connectivity index (χ2v) is 2.67. The number of rotatable bonds is 4. The van der Waals surface area contributed by atoms with E-state index >= 15 is 0 Å². The number of carboxylic acids is 1. The van der Waals surface area contributed by atoms with E-state index in [2.05, 4.69) is 0 Å². The minimum atomic E-state index is -2.19. The predicted octanol–water partition coefficient (Wildman–Crippen LogP) is -0.838. The number of ketones is 1. The fourth-order valence-electron chi connectivity index (χ4n) is 0.751. The highest BCUT2D eigenvalue weighted by Gasteiger charge is 2.41. The van der Waals surface area contributed by atoms with Gasteiger partial charge in [-0.05, 0) is 6.92 Å². The van der Waals surface area contributed by atoms with Crippen molar-refractivity contribution < 1.29 is 24.9 Å². The average Bonchev–Trinajstić information content (AvgIpc) is 2.01. The Morgan fingerprint density at radius 2 is 1.92 bits per heavy atom. The number of hydrogen-bond acceptors (Lipinski definition) is 4. The highest BCUT2D eigenvalue weighted by molar-refractivity contribution is 5.92. The van der Waals surface area contributed by atoms with Crippen LogP contribution in [0.2, 0.25) is 0 Å². The molecule has 0 spiro atoms. The molecule has 0 rings (SSSR count). The van der Waals surface area contributed by atoms with E-state index in [1.165, 1.54) is 6.92 Å². The van der Waals surface area contributed by atoms with Gasteiger partial charge in [-0.2, -0.15) is 0 Å². The maximum atomic E-state index is 10.9. The van der Waals surface area contributed by atoms with Crippen LogP contribution in [0, 0.1) is 0 Å². The number of aliphatic hydroxyl groups excluding tert-OH is 1. The fourth-order valence-corrected chi connectivity index (χ4v) is 0.751. The average molecular weight is 176 g/mol. The summed E-state index contributed by atoms with van der Waals surface area (Å²) < 4.78 is 0. The van der Waals surface area contributed by atoms with Gasteiger partial charge in [0.1, 0.15) is 0 Å². The normalized spacial score (nSPS) is 18.0. The molecule has 0 saturated carbocycles. The maximum Gasteiger partial charge on any atom is 0.336 e. The van der Waals surface area contributed by atoms with Crippen molar-refractivity contribution in [1.82, 2.24) is 0 Å². The summed E-state index contributed by atoms with van der Waals surface area (Å²) in [7, 11) is 0. The van der Waals surface area contributed by atoms with Crippen molar-refractivity contribution in [3.8, 4) is 0 Å². The number of hydrogen-bond donors (Lipinski definition) is 3. The van der Waals surface area contributed by atoms with E-state index in [-0.39, 0.29) is 6.42 Å². The van der Waals surface area contributed by atoms with Crippen molar-refractivity contribution in [3.05, 3.63) is 0 Å². The van der Waals surface area contributed by atoms with Gasteiger partial charge in [0.25, 0.3) is 0 Å². The second-order valence-electron chi connectivity index (χ2n) is 2.67. The first kappa shape index (κ1) is 11.1. The molecule has 0 heterocycles. The van der Waals surface area contributed by atoms with Crippen molar-refractivity contribution in [3.63, 3.8) is 0 Å². The molecule has 0 aliphatic heterocycles. The van der Waals surface area contributed by atoms with Crippen LogP contribution in [0.5, 0.6) is 0 Å². The van der Waals surface area contributed by atoms with Gasteiger partial charge in [-0.3, -0.25) is 4.79 Å². The van der Waals surface area contributed by atoms with Gasteiger partial charge in [0.05, 0.1) is 0 Å². The zero-order valence-corrected chi connectivity index (χ0v) is 6.94. The summed E-state index contributed by atoms with van der Waals surface area (Å²) >= 11 is 0. The van der Waals surface area contributed by atoms with Crippen LogP contribution in [0.25, 0.3) is 0 Å². The molecule has 0 aliphatic rings. The number of aliphatic hydroxyl groups is 2. The van der Waals surface area contributed by atoms with Crippen LogP contribution < -0.4 is 0 Å². The Morgan fingerprint density at radius 1 is 1.50 bits per heavy atom. The van der Waals surface area contributed by atoms with Crippen LogP contribution >= 0.6 is 0 Å². The lowest BCUT2D eigenvalue weighted by molar-refractivity contribution is -0.168. The van der Waals surface area contributed by atoms with Crippen LogP contribution in [0.4, 0.5) is 0 Å². The van der Waals surface area contributed by atoms with E-state index in [4.69, 9.17) is 10.2 Å². The van der Waals surface area contributed by atoms with Gasteiger partial charge < -0.3 is 15.3 Å². The van der Waals surface area contributed by atoms with Crippen LogP contribution in [-0.2, 0) is 9.59 Å². The van der Waals surface area contributed by atoms with Gasteiger partial charge in [0.15, 0.2) is 17.5 Å². The topological polar surface area (TPSA) is 94.8 Å². The predicted molar refractivity (Wildman–Crippen MR) is 39.6 cm³/mol. The lowest BCUT2D eigenvalue weighted by Gasteiger charge is -2.23. The number of carbonyl (C=O) groups excluding carboxylic acids is 1. The Hall–Kier alpha value is -0.940. The molecule has 0 radical (unpaired) electrons. The van der Waals surface area contributed by atoms with Crippen LogP contribution in [-0.4, -0.2) is 38.8 Å². The Kier molecular flexibility index (Phi) is 3.36. The minimum Gasteiger partial charge on any atom is -0.479 e. The Balaban J connectivity index is 4.60. The summed E-state index contributed by atoms with van der Waals surface area (Å²) in [5.41, 5.74) is -2.19. The van der Waals surface area contributed by atoms with E-state index < -0.39 is 23.5 Å². The quantitative estimate of drug-likeness (QED) is 0.519. The van der Waals surface area contributed by atoms with E-state index in [9.17, 15) is 14.7 Å². The van der Waals surface area contributed by atoms with Crippen LogP contribution in [0.3, 0.4) is 0 Å². The molecule has 5 heteroatoms. The molecule has 0 saturated heterocycles. The molecule has 0 bridgehead atoms. The van der Waals surface area contributed by atoms with E-state index in [1.54, 1.807) is 0 Å². The summed E-state index contributed by atoms with van der Waals surface area (Å²) in [5, 5.41) is 26.4. The van der Waals surface area contributed by atoms with Gasteiger partial charge in [0, 0.05) is 6.42 Å². The summed E-state index contributed by atoms with van der Waals surface area (Å²) in [4.78, 5) is 21.1. The molecule has 5 nitrogen and oxygen atoms in total. The van der Waals surface area contributed by atoms with Gasteiger partial charge in [-0.25, -0.2) is 4.79 Å². The molecule has 2 unspecified atom stereocenters. The largest absolute Gasteiger partial charge is 0.479 e. The van der Waals surface area contributed by atoms with Crippen molar-refractivity contribution in [2.24, 2.45) is 0 Å². The van der Waals surface area contributed by atoms with Gasteiger partial charge in [-0.1, -0.05) is 6.92 Å². The molecule has 0 amide bonds. The molecule has 3 N–H and O–H groups in total. The fraction of sp³-hybridized carbons (Fsp3) is 0.714. The summed E-state index contributed by atoms with van der Waals surface area (Å²) in [5.74, 6) is -2.31. The smallest absolute Gasteiger partial charge is 0.336 e. The van der Waals surface area contributed by atoms with Crippen molar-refractivity contribution in [1.29, 1.82) is 0 Å². The lowest BCUT2D eigenvalue weighted by atomic mass is 9.92. The molecule has 0 aromatic rings. The van der Waals surface area contributed by atoms with Crippen molar-refractivity contribution in [2.45, 2.75) is 32.0 Å². The van der Waals surface area contributed by atoms with Crippen molar-refractivity contribution >= 4 is 11.8 Å². The second kappa shape index (κ2) is 3.64. The van der Waals surface area contributed by atoms with Crippen molar-refractivity contribution in [2.75, 3.05) is 0 Å². The summed E-state index contributed by atoms with van der Waals surface area (Å²) in [6, 6.07) is 0. The maximum absolute atomic E-state index is 10.9. The third-order valence-electron chi connectivity index (χ3n) is 1.65. The molecule has 0 aromatic heterocycles. The first-order chi connectivity index (χ1) is 5.34. The minimum absolute atomic E-state index is 0.0165. The molecule has 0 fully saturated rings. The first-order valence-electron chi connectivity index (χ1n) is 3.50. The van der Waals surface area contributed by atoms with E-state index in [0.29, 0.717) is 0 Å². The standard InChI is InChI=1S/C7H12O5/c1-3-4(8)7(2,12)5(9)6(10)11/h5,9,12H,3H2,1-2H3,(H,10,11). The molecule has 70 valence electrons. The lowest BCUT2D eigenvalue weighted by Crippen LogP contribution is -2.50. The highest BCUT2D eigenvalue weighted by atomic mass is 16.4. The molecular weight excluding hydrogens is 164 g/mol. The zero-order chi connectivity index (χ0) is 9.94. The van der Waals surface area contributed by atoms with Crippen LogP contribution in [0.15, 0.2) is 0 Å². The Morgan fingerprint density at radius 3 is 2.17 bits per heavy atom. The summed E-state index contributed by atoms with van der Waals surface area (Å²) in [6.07, 6.45) is -2.08. The van der Waals surface area contributed by atoms with Gasteiger partial charge in [0.2, 0.25) is 0 Å². The SMILES string of the molecule is CCC(=O)C(C)(O)C(O)C(=O)O. The van der Waals surface area contributed by atoms with E-state index in [0.717, 1.165) is 6.92 Å². The zero-order valence-electron chi connectivity index (χ0n) is 6.94. The Labute approximate surface area is 69.6 Å². The van der Waals surface area contributed by atoms with Crippen LogP contribution in [0.1, 0.15) is 20.3 Å². The first-order valence-corrected chi connectivity index (χ1v) is 3.50. The number of carbonyl (C=O) groups is 2. The molecule has 2 atom stereocenters. The molecule has 0 aromatic carbocycles. The Bertz CT molecular complexity index is 196. The molecule has 0 aliphatic carbocycles.